The lowest BCUT2D eigenvalue weighted by Crippen LogP contribution is -2.42. The first-order chi connectivity index (χ1) is 18.9. The molecule has 0 spiro atoms. The van der Waals surface area contributed by atoms with Crippen molar-refractivity contribution in [1.82, 2.24) is 4.31 Å². The zero-order valence-electron chi connectivity index (χ0n) is 21.8. The van der Waals surface area contributed by atoms with Crippen molar-refractivity contribution in [2.75, 3.05) is 18.4 Å². The minimum absolute atomic E-state index is 0.0347. The van der Waals surface area contributed by atoms with Gasteiger partial charge in [0.05, 0.1) is 5.75 Å². The number of sulfonamides is 1. The Morgan fingerprint density at radius 2 is 1.64 bits per heavy atom. The van der Waals surface area contributed by atoms with Gasteiger partial charge in [0.2, 0.25) is 10.0 Å². The summed E-state index contributed by atoms with van der Waals surface area (Å²) in [6, 6.07) is 30.4. The predicted octanol–water partition coefficient (Wildman–Crippen LogP) is 6.29. The number of carbonyl (C=O) groups excluding carboxylic acids is 1. The van der Waals surface area contributed by atoms with E-state index in [4.69, 9.17) is 4.74 Å². The maximum atomic E-state index is 12.9. The van der Waals surface area contributed by atoms with Gasteiger partial charge in [-0.3, -0.25) is 0 Å². The highest BCUT2D eigenvalue weighted by molar-refractivity contribution is 7.88. The summed E-state index contributed by atoms with van der Waals surface area (Å²) in [7, 11) is -3.34. The molecule has 0 amide bonds. The Balaban J connectivity index is 1.18. The molecule has 201 valence electrons. The van der Waals surface area contributed by atoms with Crippen LogP contribution in [0.25, 0.3) is 10.4 Å². The molecule has 1 aliphatic heterocycles. The Labute approximate surface area is 234 Å². The predicted molar refractivity (Wildman–Crippen MR) is 156 cm³/mol. The van der Waals surface area contributed by atoms with Crippen LogP contribution in [0.4, 0.5) is 5.69 Å². The zero-order chi connectivity index (χ0) is 27.2. The van der Waals surface area contributed by atoms with E-state index in [9.17, 15) is 13.2 Å². The molecule has 6 nitrogen and oxygen atoms in total. The quantitative estimate of drug-likeness (QED) is 0.244. The summed E-state index contributed by atoms with van der Waals surface area (Å²) in [5.74, 6) is -0.339. The first-order valence-corrected chi connectivity index (χ1v) is 15.4. The second-order valence-electron chi connectivity index (χ2n) is 9.71. The number of aryl methyl sites for hydroxylation is 1. The Bertz CT molecular complexity index is 1510. The number of ether oxygens (including phenoxy) is 1. The number of thiophene rings is 1. The molecule has 0 atom stereocenters. The third kappa shape index (κ3) is 6.95. The van der Waals surface area contributed by atoms with Crippen LogP contribution in [0.2, 0.25) is 0 Å². The van der Waals surface area contributed by atoms with E-state index in [2.05, 4.69) is 17.4 Å². The fourth-order valence-corrected chi connectivity index (χ4v) is 7.29. The standard InChI is InChI=1S/C31H31N2O4S2/c1-23-19-29(31(34)37-21-24-9-4-2-5-10-24)38-30(23)26-13-8-14-28(20-26)32-27-15-17-33(18-16-27)39(35,36)22-25-11-6-3-7-12-25/h2-14,20,27,32H,15-18,21-22H2,1H3. The minimum Gasteiger partial charge on any atom is -0.457 e. The maximum Gasteiger partial charge on any atom is 0.349 e. The largest absolute Gasteiger partial charge is 0.457 e. The van der Waals surface area contributed by atoms with E-state index in [0.29, 0.717) is 18.0 Å². The van der Waals surface area contributed by atoms with Gasteiger partial charge >= 0.3 is 5.97 Å². The molecule has 3 aromatic carbocycles. The summed E-state index contributed by atoms with van der Waals surface area (Å²) in [6.07, 6.45) is 1.48. The maximum absolute atomic E-state index is 12.9. The SMILES string of the molecule is Cc1[c]c(C(=O)OCc2ccccc2)sc1-c1cccc(NC2CCN(S(=O)(=O)Cc3ccccc3)CC2)c1. The van der Waals surface area contributed by atoms with Crippen molar-refractivity contribution in [3.63, 3.8) is 0 Å². The van der Waals surface area contributed by atoms with Gasteiger partial charge in [-0.1, -0.05) is 72.8 Å². The lowest BCUT2D eigenvalue weighted by Gasteiger charge is -2.32. The molecular weight excluding hydrogens is 528 g/mol. The molecule has 4 aromatic rings. The lowest BCUT2D eigenvalue weighted by atomic mass is 10.1. The number of carbonyl (C=O) groups is 1. The fraction of sp³-hybridized carbons (Fsp3) is 0.258. The molecule has 1 N–H and O–H groups in total. The monoisotopic (exact) mass is 559 g/mol. The van der Waals surface area contributed by atoms with Crippen molar-refractivity contribution in [2.45, 2.75) is 38.2 Å². The van der Waals surface area contributed by atoms with Gasteiger partial charge < -0.3 is 10.1 Å². The number of nitrogens with one attached hydrogen (secondary N) is 1. The van der Waals surface area contributed by atoms with Crippen molar-refractivity contribution >= 4 is 33.0 Å². The average Bonchev–Trinajstić information content (AvgIpc) is 3.35. The molecule has 0 unspecified atom stereocenters. The van der Waals surface area contributed by atoms with Crippen molar-refractivity contribution < 1.29 is 17.9 Å². The molecule has 0 aliphatic carbocycles. The first-order valence-electron chi connectivity index (χ1n) is 13.0. The second-order valence-corrected chi connectivity index (χ2v) is 12.7. The van der Waals surface area contributed by atoms with Crippen LogP contribution >= 0.6 is 11.3 Å². The second kappa shape index (κ2) is 12.2. The van der Waals surface area contributed by atoms with Gasteiger partial charge in [-0.15, -0.1) is 11.3 Å². The highest BCUT2D eigenvalue weighted by atomic mass is 32.2. The highest BCUT2D eigenvalue weighted by Gasteiger charge is 2.28. The number of esters is 1. The summed E-state index contributed by atoms with van der Waals surface area (Å²) in [5, 5.41) is 3.58. The number of piperidine rings is 1. The zero-order valence-corrected chi connectivity index (χ0v) is 23.4. The number of hydrogen-bond donors (Lipinski definition) is 1. The van der Waals surface area contributed by atoms with Crippen LogP contribution in [0, 0.1) is 13.0 Å². The Morgan fingerprint density at radius 3 is 2.33 bits per heavy atom. The van der Waals surface area contributed by atoms with Crippen molar-refractivity contribution in [3.8, 4) is 10.4 Å². The van der Waals surface area contributed by atoms with Crippen molar-refractivity contribution in [1.29, 1.82) is 0 Å². The van der Waals surface area contributed by atoms with Gasteiger partial charge in [0, 0.05) is 35.8 Å². The van der Waals surface area contributed by atoms with Crippen molar-refractivity contribution in [2.24, 2.45) is 0 Å². The molecular formula is C31H31N2O4S2. The van der Waals surface area contributed by atoms with Gasteiger partial charge in [0.15, 0.2) is 0 Å². The fourth-order valence-electron chi connectivity index (χ4n) is 4.73. The molecule has 1 aliphatic rings. The molecule has 0 bridgehead atoms. The average molecular weight is 560 g/mol. The number of rotatable bonds is 9. The number of hydrogen-bond acceptors (Lipinski definition) is 6. The number of benzene rings is 3. The van der Waals surface area contributed by atoms with Crippen LogP contribution < -0.4 is 5.32 Å². The van der Waals surface area contributed by atoms with Crippen LogP contribution in [-0.2, 0) is 27.1 Å². The Hall–Kier alpha value is -3.46. The summed E-state index contributed by atoms with van der Waals surface area (Å²) in [4.78, 5) is 14.1. The van der Waals surface area contributed by atoms with Gasteiger partial charge in [-0.25, -0.2) is 17.5 Å². The Morgan fingerprint density at radius 1 is 0.974 bits per heavy atom. The molecule has 0 saturated carbocycles. The number of anilines is 1. The molecule has 1 saturated heterocycles. The highest BCUT2D eigenvalue weighted by Crippen LogP contribution is 2.34. The molecule has 1 aromatic heterocycles. The van der Waals surface area contributed by atoms with Crippen LogP contribution in [0.3, 0.4) is 0 Å². The first kappa shape index (κ1) is 27.1. The van der Waals surface area contributed by atoms with Crippen LogP contribution in [-0.4, -0.2) is 37.8 Å². The summed E-state index contributed by atoms with van der Waals surface area (Å²) >= 11 is 1.38. The van der Waals surface area contributed by atoms with Gasteiger partial charge in [0.1, 0.15) is 11.5 Å². The molecule has 1 fully saturated rings. The molecule has 2 heterocycles. The van der Waals surface area contributed by atoms with Crippen LogP contribution in [0.1, 0.15) is 39.2 Å². The smallest absolute Gasteiger partial charge is 0.349 e. The molecule has 39 heavy (non-hydrogen) atoms. The third-order valence-corrected chi connectivity index (χ3v) is 9.85. The normalized spacial score (nSPS) is 14.7. The van der Waals surface area contributed by atoms with E-state index in [1.807, 2.05) is 85.8 Å². The van der Waals surface area contributed by atoms with E-state index in [0.717, 1.165) is 45.7 Å². The Kier molecular flexibility index (Phi) is 8.45. The van der Waals surface area contributed by atoms with Gasteiger partial charge in [0.25, 0.3) is 0 Å². The summed E-state index contributed by atoms with van der Waals surface area (Å²) < 4.78 is 32.9. The molecule has 8 heteroatoms. The van der Waals surface area contributed by atoms with Crippen LogP contribution in [0.5, 0.6) is 0 Å². The number of nitrogens with zero attached hydrogens (tertiary/aromatic N) is 1. The lowest BCUT2D eigenvalue weighted by molar-refractivity contribution is 0.0478. The molecule has 1 radical (unpaired) electrons. The third-order valence-electron chi connectivity index (χ3n) is 6.78. The van der Waals surface area contributed by atoms with E-state index in [-0.39, 0.29) is 24.4 Å². The van der Waals surface area contributed by atoms with E-state index in [1.165, 1.54) is 11.3 Å². The van der Waals surface area contributed by atoms with Crippen LogP contribution in [0.15, 0.2) is 84.9 Å². The van der Waals surface area contributed by atoms with Crippen molar-refractivity contribution in [3.05, 3.63) is 113 Å². The van der Waals surface area contributed by atoms with E-state index < -0.39 is 10.0 Å². The van der Waals surface area contributed by atoms with E-state index in [1.54, 1.807) is 4.31 Å². The van der Waals surface area contributed by atoms with E-state index >= 15 is 0 Å². The minimum atomic E-state index is -3.34. The summed E-state index contributed by atoms with van der Waals surface area (Å²) in [5.41, 5.74) is 4.63. The molecule has 5 rings (SSSR count). The van der Waals surface area contributed by atoms with Gasteiger partial charge in [-0.2, -0.15) is 0 Å². The summed E-state index contributed by atoms with van der Waals surface area (Å²) in [6.45, 7) is 3.18. The van der Waals surface area contributed by atoms with Gasteiger partial charge in [-0.05, 0) is 54.2 Å². The topological polar surface area (TPSA) is 75.7 Å².